The number of carbonyl (C=O) groups is 2. The van der Waals surface area contributed by atoms with Gasteiger partial charge in [0.1, 0.15) is 5.58 Å². The fourth-order valence-electron chi connectivity index (χ4n) is 4.76. The highest BCUT2D eigenvalue weighted by molar-refractivity contribution is 6.20. The van der Waals surface area contributed by atoms with E-state index in [0.29, 0.717) is 34.9 Å². The molecule has 37 heavy (non-hydrogen) atoms. The van der Waals surface area contributed by atoms with Crippen molar-refractivity contribution in [2.24, 2.45) is 0 Å². The van der Waals surface area contributed by atoms with E-state index in [-0.39, 0.29) is 11.3 Å². The molecule has 1 atom stereocenters. The van der Waals surface area contributed by atoms with E-state index in [2.05, 4.69) is 0 Å². The number of fused-ring (bicyclic) bond motifs is 1. The van der Waals surface area contributed by atoms with Crippen LogP contribution in [0.4, 0.5) is 5.69 Å². The SMILES string of the molecule is CCOc1cc(C2C(C(=O)c3cc4ccccc4o3)=C(O)C(=O)N2c2cccc(C)c2C)ccc1OC. The molecule has 0 aliphatic carbocycles. The molecule has 0 spiro atoms. The predicted octanol–water partition coefficient (Wildman–Crippen LogP) is 6.24. The summed E-state index contributed by atoms with van der Waals surface area (Å²) in [5.41, 5.74) is 3.51. The van der Waals surface area contributed by atoms with Gasteiger partial charge in [-0.2, -0.15) is 0 Å². The number of amides is 1. The smallest absolute Gasteiger partial charge is 0.294 e. The number of aliphatic hydroxyl groups is 1. The molecule has 3 aromatic carbocycles. The third-order valence-corrected chi connectivity index (χ3v) is 6.74. The molecule has 188 valence electrons. The Bertz CT molecular complexity index is 1530. The van der Waals surface area contributed by atoms with E-state index in [1.807, 2.05) is 57.2 Å². The summed E-state index contributed by atoms with van der Waals surface area (Å²) < 4.78 is 17.0. The van der Waals surface area contributed by atoms with Gasteiger partial charge in [0.05, 0.1) is 25.3 Å². The molecule has 1 amide bonds. The molecule has 1 N–H and O–H groups in total. The quantitative estimate of drug-likeness (QED) is 0.304. The maximum Gasteiger partial charge on any atom is 0.294 e. The van der Waals surface area contributed by atoms with Gasteiger partial charge in [0.25, 0.3) is 5.91 Å². The molecule has 0 bridgehead atoms. The van der Waals surface area contributed by atoms with Crippen molar-refractivity contribution in [3.63, 3.8) is 0 Å². The molecular weight excluding hydrogens is 470 g/mol. The van der Waals surface area contributed by atoms with E-state index >= 15 is 0 Å². The number of methoxy groups -OCH3 is 1. The predicted molar refractivity (Wildman–Crippen MR) is 141 cm³/mol. The number of ether oxygens (including phenoxy) is 2. The second kappa shape index (κ2) is 9.50. The lowest BCUT2D eigenvalue weighted by Gasteiger charge is -2.29. The number of para-hydroxylation sites is 1. The Morgan fingerprint density at radius 2 is 1.81 bits per heavy atom. The van der Waals surface area contributed by atoms with Crippen molar-refractivity contribution in [3.05, 3.63) is 101 Å². The number of carbonyl (C=O) groups excluding carboxylic acids is 2. The summed E-state index contributed by atoms with van der Waals surface area (Å²) in [6.07, 6.45) is 0. The van der Waals surface area contributed by atoms with Crippen LogP contribution in [0, 0.1) is 13.8 Å². The molecule has 0 saturated heterocycles. The molecule has 0 radical (unpaired) electrons. The van der Waals surface area contributed by atoms with Crippen molar-refractivity contribution in [1.82, 2.24) is 0 Å². The molecule has 1 aliphatic rings. The van der Waals surface area contributed by atoms with Crippen LogP contribution in [0.1, 0.15) is 40.2 Å². The third-order valence-electron chi connectivity index (χ3n) is 6.74. The van der Waals surface area contributed by atoms with Crippen LogP contribution in [0.5, 0.6) is 11.5 Å². The van der Waals surface area contributed by atoms with Gasteiger partial charge in [0, 0.05) is 11.1 Å². The Kier molecular flexibility index (Phi) is 6.21. The highest BCUT2D eigenvalue weighted by Gasteiger charge is 2.46. The van der Waals surface area contributed by atoms with Crippen LogP contribution in [0.25, 0.3) is 11.0 Å². The summed E-state index contributed by atoms with van der Waals surface area (Å²) >= 11 is 0. The van der Waals surface area contributed by atoms with Crippen LogP contribution >= 0.6 is 0 Å². The average Bonchev–Trinajstić information content (AvgIpc) is 3.45. The zero-order valence-corrected chi connectivity index (χ0v) is 21.1. The first-order chi connectivity index (χ1) is 17.8. The Morgan fingerprint density at radius 3 is 2.54 bits per heavy atom. The molecule has 7 heteroatoms. The van der Waals surface area contributed by atoms with Gasteiger partial charge in [-0.1, -0.05) is 36.4 Å². The number of benzene rings is 3. The Hall–Kier alpha value is -4.52. The normalized spacial score (nSPS) is 15.5. The van der Waals surface area contributed by atoms with Crippen molar-refractivity contribution in [3.8, 4) is 11.5 Å². The van der Waals surface area contributed by atoms with Crippen LogP contribution in [0.15, 0.2) is 82.5 Å². The molecule has 0 saturated carbocycles. The fraction of sp³-hybridized carbons (Fsp3) is 0.200. The van der Waals surface area contributed by atoms with Gasteiger partial charge in [-0.05, 0) is 67.8 Å². The van der Waals surface area contributed by atoms with Gasteiger partial charge in [0.15, 0.2) is 23.0 Å². The number of ketones is 1. The maximum absolute atomic E-state index is 13.9. The van der Waals surface area contributed by atoms with Gasteiger partial charge in [-0.15, -0.1) is 0 Å². The monoisotopic (exact) mass is 497 g/mol. The second-order valence-electron chi connectivity index (χ2n) is 8.88. The van der Waals surface area contributed by atoms with Gasteiger partial charge in [0.2, 0.25) is 5.78 Å². The number of nitrogens with zero attached hydrogens (tertiary/aromatic N) is 1. The summed E-state index contributed by atoms with van der Waals surface area (Å²) in [7, 11) is 1.54. The number of hydrogen-bond donors (Lipinski definition) is 1. The summed E-state index contributed by atoms with van der Waals surface area (Å²) in [6, 6.07) is 18.8. The number of furan rings is 1. The third kappa shape index (κ3) is 4.02. The van der Waals surface area contributed by atoms with E-state index in [1.54, 1.807) is 37.4 Å². The lowest BCUT2D eigenvalue weighted by Crippen LogP contribution is -2.31. The van der Waals surface area contributed by atoms with Crippen LogP contribution in [0.2, 0.25) is 0 Å². The number of aryl methyl sites for hydroxylation is 1. The van der Waals surface area contributed by atoms with Crippen LogP contribution in [-0.4, -0.2) is 30.5 Å². The molecule has 5 rings (SSSR count). The maximum atomic E-state index is 13.9. The second-order valence-corrected chi connectivity index (χ2v) is 8.88. The zero-order chi connectivity index (χ0) is 26.3. The number of hydrogen-bond acceptors (Lipinski definition) is 6. The molecule has 1 aromatic heterocycles. The first kappa shape index (κ1) is 24.2. The van der Waals surface area contributed by atoms with Gasteiger partial charge in [-0.25, -0.2) is 0 Å². The largest absolute Gasteiger partial charge is 0.503 e. The average molecular weight is 498 g/mol. The molecule has 1 unspecified atom stereocenters. The number of Topliss-reactive ketones (excluding diaryl/α,β-unsaturated/α-hetero) is 1. The van der Waals surface area contributed by atoms with Crippen molar-refractivity contribution < 1.29 is 28.6 Å². The van der Waals surface area contributed by atoms with Crippen molar-refractivity contribution in [2.45, 2.75) is 26.8 Å². The zero-order valence-electron chi connectivity index (χ0n) is 21.1. The van der Waals surface area contributed by atoms with Crippen molar-refractivity contribution in [2.75, 3.05) is 18.6 Å². The van der Waals surface area contributed by atoms with Crippen LogP contribution in [0.3, 0.4) is 0 Å². The Labute approximate surface area is 214 Å². The molecule has 0 fully saturated rings. The topological polar surface area (TPSA) is 89.2 Å². The molecule has 7 nitrogen and oxygen atoms in total. The minimum atomic E-state index is -0.918. The first-order valence-corrected chi connectivity index (χ1v) is 12.0. The fourth-order valence-corrected chi connectivity index (χ4v) is 4.76. The van der Waals surface area contributed by atoms with E-state index < -0.39 is 23.5 Å². The van der Waals surface area contributed by atoms with E-state index in [0.717, 1.165) is 16.5 Å². The summed E-state index contributed by atoms with van der Waals surface area (Å²) in [6.45, 7) is 6.11. The highest BCUT2D eigenvalue weighted by Crippen LogP contribution is 2.45. The summed E-state index contributed by atoms with van der Waals surface area (Å²) in [5, 5.41) is 11.9. The van der Waals surface area contributed by atoms with E-state index in [1.165, 1.54) is 4.90 Å². The lowest BCUT2D eigenvalue weighted by atomic mass is 9.94. The van der Waals surface area contributed by atoms with Gasteiger partial charge < -0.3 is 19.0 Å². The minimum Gasteiger partial charge on any atom is -0.503 e. The van der Waals surface area contributed by atoms with E-state index in [4.69, 9.17) is 13.9 Å². The molecule has 2 heterocycles. The van der Waals surface area contributed by atoms with E-state index in [9.17, 15) is 14.7 Å². The summed E-state index contributed by atoms with van der Waals surface area (Å²) in [4.78, 5) is 28.9. The number of rotatable bonds is 7. The van der Waals surface area contributed by atoms with Crippen LogP contribution < -0.4 is 14.4 Å². The van der Waals surface area contributed by atoms with Gasteiger partial charge in [-0.3, -0.25) is 14.5 Å². The standard InChI is InChI=1S/C30H27NO6/c1-5-36-24-16-20(13-14-23(24)35-4)27-26(28(32)25-15-19-10-6-7-12-22(19)37-25)29(33)30(34)31(27)21-11-8-9-17(2)18(21)3/h6-16,27,33H,5H2,1-4H3. The molecular formula is C30H27NO6. The Balaban J connectivity index is 1.71. The van der Waals surface area contributed by atoms with Gasteiger partial charge >= 0.3 is 0 Å². The lowest BCUT2D eigenvalue weighted by molar-refractivity contribution is -0.117. The van der Waals surface area contributed by atoms with Crippen molar-refractivity contribution >= 4 is 28.3 Å². The molecule has 4 aromatic rings. The molecule has 1 aliphatic heterocycles. The highest BCUT2D eigenvalue weighted by atomic mass is 16.5. The number of anilines is 1. The summed E-state index contributed by atoms with van der Waals surface area (Å²) in [5.74, 6) is -0.794. The number of aliphatic hydroxyl groups excluding tert-OH is 1. The first-order valence-electron chi connectivity index (χ1n) is 12.0. The van der Waals surface area contributed by atoms with Crippen LogP contribution in [-0.2, 0) is 4.79 Å². The van der Waals surface area contributed by atoms with Crippen molar-refractivity contribution in [1.29, 1.82) is 0 Å². The Morgan fingerprint density at radius 1 is 1.03 bits per heavy atom. The minimum absolute atomic E-state index is 0.0434.